The maximum Gasteiger partial charge on any atom is 0.228 e. The second-order valence-corrected chi connectivity index (χ2v) is 9.31. The number of amides is 1. The third kappa shape index (κ3) is 4.86. The lowest BCUT2D eigenvalue weighted by atomic mass is 9.99. The molecule has 1 aliphatic carbocycles. The summed E-state index contributed by atoms with van der Waals surface area (Å²) in [6.07, 6.45) is 5.51. The molecule has 2 aromatic heterocycles. The molecule has 0 unspecified atom stereocenters. The largest absolute Gasteiger partial charge is 0.309 e. The number of hydrogen-bond acceptors (Lipinski definition) is 5. The molecule has 0 bridgehead atoms. The fourth-order valence-corrected chi connectivity index (χ4v) is 4.39. The van der Waals surface area contributed by atoms with Crippen LogP contribution in [0.15, 0.2) is 102 Å². The van der Waals surface area contributed by atoms with Crippen molar-refractivity contribution in [1.82, 2.24) is 15.2 Å². The number of anilines is 1. The summed E-state index contributed by atoms with van der Waals surface area (Å²) in [6, 6.07) is 28.2. The number of aromatic nitrogens is 3. The lowest BCUT2D eigenvalue weighted by Gasteiger charge is -2.12. The van der Waals surface area contributed by atoms with Crippen LogP contribution in [0.25, 0.3) is 22.0 Å². The van der Waals surface area contributed by atoms with Crippen LogP contribution in [0.4, 0.5) is 11.5 Å². The highest BCUT2D eigenvalue weighted by atomic mass is 16.2. The predicted octanol–water partition coefficient (Wildman–Crippen LogP) is 6.52. The zero-order chi connectivity index (χ0) is 25.2. The molecule has 1 amide bonds. The van der Waals surface area contributed by atoms with Gasteiger partial charge >= 0.3 is 0 Å². The molecule has 6 heteroatoms. The van der Waals surface area contributed by atoms with Crippen LogP contribution in [0.1, 0.15) is 29.5 Å². The van der Waals surface area contributed by atoms with Gasteiger partial charge in [-0.1, -0.05) is 60.7 Å². The van der Waals surface area contributed by atoms with Crippen LogP contribution in [-0.2, 0) is 4.79 Å². The van der Waals surface area contributed by atoms with E-state index in [-0.39, 0.29) is 11.8 Å². The number of hydrogen-bond donors (Lipinski definition) is 1. The minimum Gasteiger partial charge on any atom is -0.309 e. The Labute approximate surface area is 215 Å². The summed E-state index contributed by atoms with van der Waals surface area (Å²) >= 11 is 0. The van der Waals surface area contributed by atoms with E-state index in [2.05, 4.69) is 57.8 Å². The third-order valence-electron chi connectivity index (χ3n) is 6.55. The number of aliphatic imine (C=N–C) groups is 1. The fourth-order valence-electron chi connectivity index (χ4n) is 4.39. The van der Waals surface area contributed by atoms with Gasteiger partial charge in [0, 0.05) is 40.4 Å². The van der Waals surface area contributed by atoms with Gasteiger partial charge in [-0.3, -0.25) is 9.78 Å². The van der Waals surface area contributed by atoms with E-state index in [9.17, 15) is 4.79 Å². The first kappa shape index (κ1) is 22.7. The van der Waals surface area contributed by atoms with Crippen molar-refractivity contribution in [2.24, 2.45) is 10.9 Å². The van der Waals surface area contributed by atoms with Gasteiger partial charge < -0.3 is 5.32 Å². The van der Waals surface area contributed by atoms with Crippen LogP contribution in [0.3, 0.4) is 0 Å². The van der Waals surface area contributed by atoms with Crippen LogP contribution in [0.5, 0.6) is 0 Å². The zero-order valence-corrected chi connectivity index (χ0v) is 20.4. The van der Waals surface area contributed by atoms with Gasteiger partial charge in [0.15, 0.2) is 5.82 Å². The molecule has 0 radical (unpaired) electrons. The Kier molecular flexibility index (Phi) is 5.98. The molecular formula is C31H25N5O. The van der Waals surface area contributed by atoms with Gasteiger partial charge in [-0.05, 0) is 55.2 Å². The molecule has 1 N–H and O–H groups in total. The number of aryl methyl sites for hydroxylation is 1. The molecule has 1 aliphatic rings. The summed E-state index contributed by atoms with van der Waals surface area (Å²) < 4.78 is 0. The minimum atomic E-state index is 0.00148. The second kappa shape index (κ2) is 9.74. The number of fused-ring (bicyclic) bond motifs is 1. The first-order valence-corrected chi connectivity index (χ1v) is 12.4. The molecular weight excluding hydrogens is 458 g/mol. The van der Waals surface area contributed by atoms with E-state index in [4.69, 9.17) is 4.99 Å². The van der Waals surface area contributed by atoms with Crippen molar-refractivity contribution < 1.29 is 4.79 Å². The molecule has 5 aromatic rings. The Balaban J connectivity index is 1.56. The van der Waals surface area contributed by atoms with Crippen molar-refractivity contribution in [2.45, 2.75) is 19.8 Å². The van der Waals surface area contributed by atoms with Crippen molar-refractivity contribution in [3.05, 3.63) is 114 Å². The summed E-state index contributed by atoms with van der Waals surface area (Å²) in [6.45, 7) is 2.07. The Morgan fingerprint density at radius 3 is 2.24 bits per heavy atom. The summed E-state index contributed by atoms with van der Waals surface area (Å²) in [4.78, 5) is 21.9. The molecule has 0 saturated heterocycles. The molecule has 180 valence electrons. The topological polar surface area (TPSA) is 80.1 Å². The third-order valence-corrected chi connectivity index (χ3v) is 6.55. The van der Waals surface area contributed by atoms with Gasteiger partial charge in [0.25, 0.3) is 0 Å². The number of pyridine rings is 1. The first-order valence-electron chi connectivity index (χ1n) is 12.4. The number of carbonyl (C=O) groups is 1. The fraction of sp³-hybridized carbons (Fsp3) is 0.129. The van der Waals surface area contributed by atoms with Gasteiger partial charge in [0.2, 0.25) is 5.91 Å². The van der Waals surface area contributed by atoms with Gasteiger partial charge in [-0.15, -0.1) is 10.2 Å². The van der Waals surface area contributed by atoms with Crippen molar-refractivity contribution in [3.63, 3.8) is 0 Å². The summed E-state index contributed by atoms with van der Waals surface area (Å²) in [7, 11) is 0. The molecule has 2 heterocycles. The van der Waals surface area contributed by atoms with E-state index < -0.39 is 0 Å². The van der Waals surface area contributed by atoms with Crippen molar-refractivity contribution in [3.8, 4) is 11.1 Å². The molecule has 0 aliphatic heterocycles. The van der Waals surface area contributed by atoms with E-state index in [1.165, 1.54) is 0 Å². The molecule has 6 nitrogen and oxygen atoms in total. The van der Waals surface area contributed by atoms with Crippen molar-refractivity contribution >= 4 is 34.0 Å². The number of nitrogens with one attached hydrogen (secondary N) is 1. The molecule has 37 heavy (non-hydrogen) atoms. The standard InChI is InChI=1S/C31H25N5O/c1-20-14-15-32-19-26(20)24-16-25-18-28(34-31(37)23-12-13-23)35-36-30(25)27(17-24)33-29(21-8-4-2-5-9-21)22-10-6-3-7-11-22/h2-11,14-19,23H,12-13H2,1H3,(H,34,35,37). The van der Waals surface area contributed by atoms with Gasteiger partial charge in [-0.25, -0.2) is 4.99 Å². The Bertz CT molecular complexity index is 1580. The SMILES string of the molecule is Cc1ccncc1-c1cc(N=C(c2ccccc2)c2ccccc2)c2nnc(NC(=O)C3CC3)cc2c1. The van der Waals surface area contributed by atoms with Crippen LogP contribution in [0.2, 0.25) is 0 Å². The first-order chi connectivity index (χ1) is 18.2. The van der Waals surface area contributed by atoms with Crippen LogP contribution in [-0.4, -0.2) is 26.8 Å². The monoisotopic (exact) mass is 483 g/mol. The molecule has 0 atom stereocenters. The number of rotatable bonds is 6. The zero-order valence-electron chi connectivity index (χ0n) is 20.4. The summed E-state index contributed by atoms with van der Waals surface area (Å²) in [5.41, 5.74) is 7.32. The Morgan fingerprint density at radius 2 is 1.59 bits per heavy atom. The molecule has 1 saturated carbocycles. The number of nitrogens with zero attached hydrogens (tertiary/aromatic N) is 4. The van der Waals surface area contributed by atoms with Crippen LogP contribution >= 0.6 is 0 Å². The van der Waals surface area contributed by atoms with Crippen LogP contribution in [0, 0.1) is 12.8 Å². The molecule has 3 aromatic carbocycles. The highest BCUT2D eigenvalue weighted by molar-refractivity contribution is 6.15. The molecule has 6 rings (SSSR count). The van der Waals surface area contributed by atoms with E-state index in [1.807, 2.05) is 60.8 Å². The second-order valence-electron chi connectivity index (χ2n) is 9.31. The van der Waals surface area contributed by atoms with Gasteiger partial charge in [-0.2, -0.15) is 0 Å². The van der Waals surface area contributed by atoms with E-state index in [0.29, 0.717) is 17.0 Å². The quantitative estimate of drug-likeness (QED) is 0.279. The van der Waals surface area contributed by atoms with E-state index in [1.54, 1.807) is 6.20 Å². The van der Waals surface area contributed by atoms with Gasteiger partial charge in [0.1, 0.15) is 5.52 Å². The predicted molar refractivity (Wildman–Crippen MR) is 147 cm³/mol. The summed E-state index contributed by atoms with van der Waals surface area (Å²) in [5, 5.41) is 12.6. The molecule has 1 fully saturated rings. The minimum absolute atomic E-state index is 0.00148. The van der Waals surface area contributed by atoms with Crippen molar-refractivity contribution in [1.29, 1.82) is 0 Å². The average molecular weight is 484 g/mol. The molecule has 0 spiro atoms. The lowest BCUT2D eigenvalue weighted by Crippen LogP contribution is -2.14. The summed E-state index contributed by atoms with van der Waals surface area (Å²) in [5.74, 6) is 0.536. The Hall–Kier alpha value is -4.71. The number of benzene rings is 3. The highest BCUT2D eigenvalue weighted by Crippen LogP contribution is 2.35. The normalized spacial score (nSPS) is 12.8. The van der Waals surface area contributed by atoms with E-state index >= 15 is 0 Å². The van der Waals surface area contributed by atoms with Crippen LogP contribution < -0.4 is 5.32 Å². The highest BCUT2D eigenvalue weighted by Gasteiger charge is 2.30. The average Bonchev–Trinajstić information content (AvgIpc) is 3.78. The Morgan fingerprint density at radius 1 is 0.892 bits per heavy atom. The van der Waals surface area contributed by atoms with Gasteiger partial charge in [0.05, 0.1) is 11.4 Å². The van der Waals surface area contributed by atoms with E-state index in [0.717, 1.165) is 51.8 Å². The number of carbonyl (C=O) groups excluding carboxylic acids is 1. The smallest absolute Gasteiger partial charge is 0.228 e. The maximum absolute atomic E-state index is 12.4. The maximum atomic E-state index is 12.4. The van der Waals surface area contributed by atoms with Crippen molar-refractivity contribution in [2.75, 3.05) is 5.32 Å². The lowest BCUT2D eigenvalue weighted by molar-refractivity contribution is -0.117.